The number of benzene rings is 1. The van der Waals surface area contributed by atoms with Gasteiger partial charge in [-0.25, -0.2) is 10.2 Å². The molecule has 2 aromatic rings. The fourth-order valence-corrected chi connectivity index (χ4v) is 2.08. The molecule has 9 nitrogen and oxygen atoms in total. The molecule has 3 rings (SSSR count). The minimum atomic E-state index is -0.632. The van der Waals surface area contributed by atoms with E-state index in [9.17, 15) is 9.59 Å². The second-order valence-electron chi connectivity index (χ2n) is 4.88. The lowest BCUT2D eigenvalue weighted by atomic mass is 10.2. The van der Waals surface area contributed by atoms with Crippen molar-refractivity contribution >= 4 is 17.6 Å². The smallest absolute Gasteiger partial charge is 0.355 e. The van der Waals surface area contributed by atoms with Crippen molar-refractivity contribution in [1.82, 2.24) is 15.6 Å². The molecule has 0 fully saturated rings. The Morgan fingerprint density at radius 2 is 2.17 bits per heavy atom. The van der Waals surface area contributed by atoms with Gasteiger partial charge in [0.25, 0.3) is 5.89 Å². The van der Waals surface area contributed by atoms with Crippen molar-refractivity contribution in [2.45, 2.75) is 19.4 Å². The lowest BCUT2D eigenvalue weighted by Crippen LogP contribution is -2.30. The van der Waals surface area contributed by atoms with Crippen molar-refractivity contribution in [2.75, 3.05) is 7.11 Å². The molecule has 1 aromatic heterocycles. The van der Waals surface area contributed by atoms with Gasteiger partial charge >= 0.3 is 5.97 Å². The van der Waals surface area contributed by atoms with E-state index in [2.05, 4.69) is 20.7 Å². The average Bonchev–Trinajstić information content (AvgIpc) is 3.09. The number of hydrogen-bond acceptors (Lipinski definition) is 8. The number of carbonyl (C=O) groups excluding carboxylic acids is 2. The topological polar surface area (TPSA) is 116 Å². The van der Waals surface area contributed by atoms with Crippen LogP contribution in [0.15, 0.2) is 33.9 Å². The summed E-state index contributed by atoms with van der Waals surface area (Å²) in [4.78, 5) is 27.0. The van der Waals surface area contributed by atoms with E-state index in [0.29, 0.717) is 17.1 Å². The lowest BCUT2D eigenvalue weighted by molar-refractivity contribution is -0.137. The number of para-hydroxylation sites is 1. The summed E-state index contributed by atoms with van der Waals surface area (Å²) in [7, 11) is 1.55. The van der Waals surface area contributed by atoms with Crippen LogP contribution in [0.2, 0.25) is 0 Å². The predicted molar refractivity (Wildman–Crippen MR) is 80.9 cm³/mol. The van der Waals surface area contributed by atoms with Crippen molar-refractivity contribution in [1.29, 1.82) is 0 Å². The van der Waals surface area contributed by atoms with Gasteiger partial charge in [-0.15, -0.1) is 0 Å². The van der Waals surface area contributed by atoms with Crippen LogP contribution in [0.25, 0.3) is 11.4 Å². The molecule has 24 heavy (non-hydrogen) atoms. The Bertz CT molecular complexity index is 799. The minimum absolute atomic E-state index is 0.143. The van der Waals surface area contributed by atoms with Gasteiger partial charge < -0.3 is 14.0 Å². The standard InChI is InChI=1S/C15H14N4O5/c1-22-11-5-3-2-4-9(11)14-16-13(24-19-14)8-23-15(21)10-6-7-12(20)18-17-10/h2-5H,6-8H2,1H3,(H,18,20). The van der Waals surface area contributed by atoms with Crippen LogP contribution < -0.4 is 10.2 Å². The molecule has 0 spiro atoms. The highest BCUT2D eigenvalue weighted by molar-refractivity contribution is 6.37. The first-order valence-electron chi connectivity index (χ1n) is 7.16. The Balaban J connectivity index is 1.64. The fraction of sp³-hybridized carbons (Fsp3) is 0.267. The molecule has 1 aliphatic heterocycles. The number of nitrogens with one attached hydrogen (secondary N) is 1. The highest BCUT2D eigenvalue weighted by atomic mass is 16.6. The summed E-state index contributed by atoms with van der Waals surface area (Å²) in [6.07, 6.45) is 0.438. The molecule has 2 heterocycles. The van der Waals surface area contributed by atoms with E-state index in [4.69, 9.17) is 14.0 Å². The van der Waals surface area contributed by atoms with Crippen LogP contribution in [0.3, 0.4) is 0 Å². The summed E-state index contributed by atoms with van der Waals surface area (Å²) in [5.74, 6) is 0.219. The molecule has 0 aliphatic carbocycles. The van der Waals surface area contributed by atoms with Crippen LogP contribution in [-0.2, 0) is 20.9 Å². The summed E-state index contributed by atoms with van der Waals surface area (Å²) >= 11 is 0. The highest BCUT2D eigenvalue weighted by Crippen LogP contribution is 2.27. The number of carbonyl (C=O) groups is 2. The Hall–Kier alpha value is -3.23. The number of nitrogens with zero attached hydrogens (tertiary/aromatic N) is 3. The zero-order valence-electron chi connectivity index (χ0n) is 12.8. The van der Waals surface area contributed by atoms with E-state index >= 15 is 0 Å². The van der Waals surface area contributed by atoms with Gasteiger partial charge in [-0.1, -0.05) is 17.3 Å². The summed E-state index contributed by atoms with van der Waals surface area (Å²) in [5.41, 5.74) is 3.05. The Morgan fingerprint density at radius 1 is 1.33 bits per heavy atom. The Kier molecular flexibility index (Phi) is 4.50. The van der Waals surface area contributed by atoms with Crippen molar-refractivity contribution < 1.29 is 23.6 Å². The normalized spacial score (nSPS) is 13.9. The number of rotatable bonds is 5. The van der Waals surface area contributed by atoms with E-state index in [1.807, 2.05) is 12.1 Å². The maximum Gasteiger partial charge on any atom is 0.355 e. The molecule has 0 radical (unpaired) electrons. The van der Waals surface area contributed by atoms with Crippen molar-refractivity contribution in [3.63, 3.8) is 0 Å². The van der Waals surface area contributed by atoms with Crippen LogP contribution in [0.4, 0.5) is 0 Å². The van der Waals surface area contributed by atoms with E-state index in [1.165, 1.54) is 0 Å². The quantitative estimate of drug-likeness (QED) is 0.815. The third-order valence-electron chi connectivity index (χ3n) is 3.28. The van der Waals surface area contributed by atoms with Gasteiger partial charge in [-0.2, -0.15) is 10.1 Å². The molecule has 0 unspecified atom stereocenters. The minimum Gasteiger partial charge on any atom is -0.496 e. The van der Waals surface area contributed by atoms with Crippen LogP contribution >= 0.6 is 0 Å². The number of ether oxygens (including phenoxy) is 2. The van der Waals surface area contributed by atoms with E-state index < -0.39 is 5.97 Å². The molecular formula is C15H14N4O5. The monoisotopic (exact) mass is 330 g/mol. The second-order valence-corrected chi connectivity index (χ2v) is 4.88. The molecule has 0 saturated carbocycles. The Labute approximate surface area is 136 Å². The number of aromatic nitrogens is 2. The molecule has 1 aromatic carbocycles. The highest BCUT2D eigenvalue weighted by Gasteiger charge is 2.21. The summed E-state index contributed by atoms with van der Waals surface area (Å²) in [6.45, 7) is -0.187. The molecular weight excluding hydrogens is 316 g/mol. The van der Waals surface area contributed by atoms with Crippen molar-refractivity contribution in [2.24, 2.45) is 5.10 Å². The molecule has 124 valence electrons. The summed E-state index contributed by atoms with van der Waals surface area (Å²) < 4.78 is 15.4. The van der Waals surface area contributed by atoms with Gasteiger partial charge in [0, 0.05) is 12.8 Å². The first kappa shape index (κ1) is 15.7. The van der Waals surface area contributed by atoms with Gasteiger partial charge in [0.1, 0.15) is 11.5 Å². The van der Waals surface area contributed by atoms with Gasteiger partial charge in [0.15, 0.2) is 6.61 Å². The molecule has 0 bridgehead atoms. The third kappa shape index (κ3) is 3.40. The summed E-state index contributed by atoms with van der Waals surface area (Å²) in [5, 5.41) is 7.51. The van der Waals surface area contributed by atoms with Crippen molar-refractivity contribution in [3.8, 4) is 17.1 Å². The van der Waals surface area contributed by atoms with Crippen molar-refractivity contribution in [3.05, 3.63) is 30.2 Å². The number of amides is 1. The molecule has 1 N–H and O–H groups in total. The first-order chi connectivity index (χ1) is 11.7. The zero-order valence-corrected chi connectivity index (χ0v) is 12.8. The number of hydrazone groups is 1. The molecule has 0 saturated heterocycles. The second kappa shape index (κ2) is 6.90. The maximum atomic E-state index is 11.8. The molecule has 0 atom stereocenters. The Morgan fingerprint density at radius 3 is 2.92 bits per heavy atom. The van der Waals surface area contributed by atoms with Gasteiger partial charge in [-0.05, 0) is 12.1 Å². The largest absolute Gasteiger partial charge is 0.496 e. The summed E-state index contributed by atoms with van der Waals surface area (Å²) in [6, 6.07) is 7.22. The van der Waals surface area contributed by atoms with E-state index in [0.717, 1.165) is 0 Å². The van der Waals surface area contributed by atoms with E-state index in [1.54, 1.807) is 19.2 Å². The average molecular weight is 330 g/mol. The van der Waals surface area contributed by atoms with Gasteiger partial charge in [0.2, 0.25) is 11.7 Å². The maximum absolute atomic E-state index is 11.8. The van der Waals surface area contributed by atoms with E-state index in [-0.39, 0.29) is 37.0 Å². The molecule has 1 aliphatic rings. The van der Waals surface area contributed by atoms with Crippen LogP contribution in [0, 0.1) is 0 Å². The number of hydrogen-bond donors (Lipinski definition) is 1. The van der Waals surface area contributed by atoms with Crippen LogP contribution in [-0.4, -0.2) is 34.8 Å². The zero-order chi connectivity index (χ0) is 16.9. The molecule has 9 heteroatoms. The fourth-order valence-electron chi connectivity index (χ4n) is 2.08. The number of esters is 1. The molecule has 1 amide bonds. The third-order valence-corrected chi connectivity index (χ3v) is 3.28. The van der Waals surface area contributed by atoms with Crippen LogP contribution in [0.1, 0.15) is 18.7 Å². The first-order valence-corrected chi connectivity index (χ1v) is 7.16. The van der Waals surface area contributed by atoms with Crippen LogP contribution in [0.5, 0.6) is 5.75 Å². The lowest BCUT2D eigenvalue weighted by Gasteiger charge is -2.10. The van der Waals surface area contributed by atoms with Gasteiger partial charge in [-0.3, -0.25) is 4.79 Å². The van der Waals surface area contributed by atoms with Gasteiger partial charge in [0.05, 0.1) is 12.7 Å². The SMILES string of the molecule is COc1ccccc1-c1noc(COC(=O)C2=NNC(=O)CC2)n1. The predicted octanol–water partition coefficient (Wildman–Crippen LogP) is 1.05. The number of methoxy groups -OCH3 is 1.